The van der Waals surface area contributed by atoms with Crippen molar-refractivity contribution in [2.75, 3.05) is 13.7 Å². The Morgan fingerprint density at radius 2 is 1.94 bits per heavy atom. The van der Waals surface area contributed by atoms with Crippen LogP contribution in [0.1, 0.15) is 43.7 Å². The lowest BCUT2D eigenvalue weighted by atomic mass is 9.90. The van der Waals surface area contributed by atoms with E-state index in [1.165, 1.54) is 5.56 Å². The summed E-state index contributed by atoms with van der Waals surface area (Å²) in [5, 5.41) is 9.85. The molecule has 0 saturated carbocycles. The highest BCUT2D eigenvalue weighted by atomic mass is 16.5. The molecule has 3 nitrogen and oxygen atoms in total. The van der Waals surface area contributed by atoms with Gasteiger partial charge in [-0.05, 0) is 23.1 Å². The van der Waals surface area contributed by atoms with E-state index < -0.39 is 6.10 Å². The maximum Gasteiger partial charge on any atom is 0.122 e. The fraction of sp³-hybridized carbons (Fsp3) is 0.571. The number of ether oxygens (including phenoxy) is 1. The number of hydrogen-bond acceptors (Lipinski definition) is 3. The van der Waals surface area contributed by atoms with Crippen LogP contribution < -0.4 is 10.5 Å². The van der Waals surface area contributed by atoms with E-state index >= 15 is 0 Å². The van der Waals surface area contributed by atoms with E-state index in [1.54, 1.807) is 7.11 Å². The van der Waals surface area contributed by atoms with Gasteiger partial charge in [-0.25, -0.2) is 0 Å². The van der Waals surface area contributed by atoms with Gasteiger partial charge in [0.15, 0.2) is 0 Å². The Hall–Kier alpha value is -1.06. The van der Waals surface area contributed by atoms with Gasteiger partial charge in [0.1, 0.15) is 5.75 Å². The second-order valence-electron chi connectivity index (χ2n) is 4.75. The number of aliphatic hydroxyl groups excluding tert-OH is 1. The summed E-state index contributed by atoms with van der Waals surface area (Å²) < 4.78 is 5.34. The minimum Gasteiger partial charge on any atom is -0.496 e. The molecule has 0 heterocycles. The lowest BCUT2D eigenvalue weighted by molar-refractivity contribution is 0.156. The van der Waals surface area contributed by atoms with Crippen LogP contribution in [0.15, 0.2) is 18.2 Å². The molecule has 3 heteroatoms. The lowest BCUT2D eigenvalue weighted by Crippen LogP contribution is -2.26. The van der Waals surface area contributed by atoms with Crippen LogP contribution in [0.2, 0.25) is 0 Å². The number of aliphatic hydroxyl groups is 1. The van der Waals surface area contributed by atoms with Gasteiger partial charge in [0.05, 0.1) is 13.2 Å². The monoisotopic (exact) mass is 237 g/mol. The summed E-state index contributed by atoms with van der Waals surface area (Å²) in [5.41, 5.74) is 7.78. The molecule has 1 aromatic rings. The third-order valence-electron chi connectivity index (χ3n) is 3.23. The largest absolute Gasteiger partial charge is 0.496 e. The molecule has 2 atom stereocenters. The van der Waals surface area contributed by atoms with Gasteiger partial charge in [-0.3, -0.25) is 0 Å². The van der Waals surface area contributed by atoms with Crippen LogP contribution in [0.4, 0.5) is 0 Å². The quantitative estimate of drug-likeness (QED) is 0.825. The molecule has 17 heavy (non-hydrogen) atoms. The van der Waals surface area contributed by atoms with Crippen LogP contribution in [0.3, 0.4) is 0 Å². The van der Waals surface area contributed by atoms with Gasteiger partial charge in [-0.15, -0.1) is 0 Å². The van der Waals surface area contributed by atoms with Crippen molar-refractivity contribution in [1.29, 1.82) is 0 Å². The Morgan fingerprint density at radius 3 is 2.41 bits per heavy atom. The number of methoxy groups -OCH3 is 1. The molecule has 0 saturated heterocycles. The number of rotatable bonds is 5. The van der Waals surface area contributed by atoms with Crippen LogP contribution in [-0.2, 0) is 0 Å². The van der Waals surface area contributed by atoms with Gasteiger partial charge in [0.2, 0.25) is 0 Å². The summed E-state index contributed by atoms with van der Waals surface area (Å²) in [6.07, 6.45) is -0.536. The maximum atomic E-state index is 9.85. The van der Waals surface area contributed by atoms with Gasteiger partial charge in [0.25, 0.3) is 0 Å². The van der Waals surface area contributed by atoms with Crippen molar-refractivity contribution in [3.8, 4) is 5.75 Å². The van der Waals surface area contributed by atoms with Gasteiger partial charge in [-0.1, -0.05) is 32.9 Å². The predicted molar refractivity (Wildman–Crippen MR) is 70.6 cm³/mol. The number of nitrogens with two attached hydrogens (primary N) is 1. The zero-order valence-corrected chi connectivity index (χ0v) is 11.1. The fourth-order valence-corrected chi connectivity index (χ4v) is 1.88. The van der Waals surface area contributed by atoms with E-state index in [4.69, 9.17) is 10.5 Å². The second kappa shape index (κ2) is 6.03. The van der Waals surface area contributed by atoms with Crippen molar-refractivity contribution in [3.63, 3.8) is 0 Å². The van der Waals surface area contributed by atoms with Crippen LogP contribution in [-0.4, -0.2) is 24.9 Å². The Morgan fingerprint density at radius 1 is 1.29 bits per heavy atom. The Bertz CT molecular complexity index is 363. The standard InChI is InChI=1S/C14H23NO2/c1-9(2)11-5-6-14(17-4)12(7-11)10(3)13(16)8-15/h5-7,9-10,13,16H,8,15H2,1-4H3. The maximum absolute atomic E-state index is 9.85. The van der Waals surface area contributed by atoms with Gasteiger partial charge in [0, 0.05) is 12.5 Å². The van der Waals surface area contributed by atoms with Crippen molar-refractivity contribution in [2.45, 2.75) is 38.7 Å². The zero-order valence-electron chi connectivity index (χ0n) is 11.1. The summed E-state index contributed by atoms with van der Waals surface area (Å²) in [6, 6.07) is 6.13. The van der Waals surface area contributed by atoms with Crippen LogP contribution in [0.25, 0.3) is 0 Å². The van der Waals surface area contributed by atoms with Crippen molar-refractivity contribution < 1.29 is 9.84 Å². The summed E-state index contributed by atoms with van der Waals surface area (Å²) in [6.45, 7) is 6.53. The van der Waals surface area contributed by atoms with Crippen LogP contribution in [0.5, 0.6) is 5.75 Å². The van der Waals surface area contributed by atoms with Crippen molar-refractivity contribution in [2.24, 2.45) is 5.73 Å². The van der Waals surface area contributed by atoms with E-state index in [9.17, 15) is 5.11 Å². The Balaban J connectivity index is 3.13. The molecule has 0 bridgehead atoms. The topological polar surface area (TPSA) is 55.5 Å². The Kier molecular flexibility index (Phi) is 4.97. The van der Waals surface area contributed by atoms with E-state index in [2.05, 4.69) is 26.0 Å². The molecule has 0 spiro atoms. The molecule has 0 amide bonds. The smallest absolute Gasteiger partial charge is 0.122 e. The summed E-state index contributed by atoms with van der Waals surface area (Å²) in [4.78, 5) is 0. The highest BCUT2D eigenvalue weighted by molar-refractivity contribution is 5.41. The first-order chi connectivity index (χ1) is 8.01. The average Bonchev–Trinajstić information content (AvgIpc) is 2.35. The molecule has 0 aliphatic rings. The van der Waals surface area contributed by atoms with Crippen molar-refractivity contribution in [1.82, 2.24) is 0 Å². The van der Waals surface area contributed by atoms with E-state index in [-0.39, 0.29) is 12.5 Å². The molecule has 2 unspecified atom stereocenters. The van der Waals surface area contributed by atoms with E-state index in [1.807, 2.05) is 13.0 Å². The normalized spacial score (nSPS) is 14.8. The lowest BCUT2D eigenvalue weighted by Gasteiger charge is -2.21. The molecule has 0 aliphatic carbocycles. The van der Waals surface area contributed by atoms with E-state index in [0.717, 1.165) is 11.3 Å². The summed E-state index contributed by atoms with van der Waals surface area (Å²) in [5.74, 6) is 1.25. The fourth-order valence-electron chi connectivity index (χ4n) is 1.88. The molecule has 0 aromatic heterocycles. The first kappa shape index (κ1) is 14.0. The molecule has 0 aliphatic heterocycles. The van der Waals surface area contributed by atoms with Gasteiger partial charge < -0.3 is 15.6 Å². The Labute approximate surface area is 104 Å². The van der Waals surface area contributed by atoms with Gasteiger partial charge >= 0.3 is 0 Å². The molecule has 96 valence electrons. The molecular weight excluding hydrogens is 214 g/mol. The zero-order chi connectivity index (χ0) is 13.0. The number of benzene rings is 1. The predicted octanol–water partition coefficient (Wildman–Crippen LogP) is 2.24. The second-order valence-corrected chi connectivity index (χ2v) is 4.75. The minimum absolute atomic E-state index is 0.0198. The third-order valence-corrected chi connectivity index (χ3v) is 3.23. The van der Waals surface area contributed by atoms with Crippen LogP contribution >= 0.6 is 0 Å². The highest BCUT2D eigenvalue weighted by Gasteiger charge is 2.19. The summed E-state index contributed by atoms with van der Waals surface area (Å²) >= 11 is 0. The molecule has 0 radical (unpaired) electrons. The molecule has 3 N–H and O–H groups in total. The SMILES string of the molecule is COc1ccc(C(C)C)cc1C(C)C(O)CN. The van der Waals surface area contributed by atoms with Crippen molar-refractivity contribution >= 4 is 0 Å². The third kappa shape index (κ3) is 3.20. The van der Waals surface area contributed by atoms with Gasteiger partial charge in [-0.2, -0.15) is 0 Å². The molecule has 1 aromatic carbocycles. The number of hydrogen-bond donors (Lipinski definition) is 2. The van der Waals surface area contributed by atoms with Crippen LogP contribution in [0, 0.1) is 0 Å². The molecule has 1 rings (SSSR count). The average molecular weight is 237 g/mol. The first-order valence-corrected chi connectivity index (χ1v) is 6.07. The minimum atomic E-state index is -0.536. The van der Waals surface area contributed by atoms with E-state index in [0.29, 0.717) is 5.92 Å². The summed E-state index contributed by atoms with van der Waals surface area (Å²) in [7, 11) is 1.65. The highest BCUT2D eigenvalue weighted by Crippen LogP contribution is 2.31. The van der Waals surface area contributed by atoms with Crippen molar-refractivity contribution in [3.05, 3.63) is 29.3 Å². The molecule has 0 fully saturated rings. The molecular formula is C14H23NO2. The first-order valence-electron chi connectivity index (χ1n) is 6.07.